The Morgan fingerprint density at radius 1 is 0.952 bits per heavy atom. The van der Waals surface area contributed by atoms with Gasteiger partial charge < -0.3 is 0 Å². The van der Waals surface area contributed by atoms with Crippen LogP contribution in [0.2, 0.25) is 0 Å². The molecule has 0 amide bonds. The van der Waals surface area contributed by atoms with Gasteiger partial charge in [0.25, 0.3) is 0 Å². The summed E-state index contributed by atoms with van der Waals surface area (Å²) in [7, 11) is 0. The van der Waals surface area contributed by atoms with Crippen molar-refractivity contribution in [3.63, 3.8) is 0 Å². The summed E-state index contributed by atoms with van der Waals surface area (Å²) >= 11 is 0. The molecule has 4 rings (SSSR count). The molecule has 21 heavy (non-hydrogen) atoms. The van der Waals surface area contributed by atoms with E-state index in [0.29, 0.717) is 0 Å². The van der Waals surface area contributed by atoms with Crippen LogP contribution in [0, 0.1) is 5.41 Å². The first-order valence-electron chi connectivity index (χ1n) is 7.34. The van der Waals surface area contributed by atoms with E-state index in [9.17, 15) is 9.59 Å². The molecule has 0 bridgehead atoms. The first kappa shape index (κ1) is 12.5. The Bertz CT molecular complexity index is 788. The second kappa shape index (κ2) is 4.14. The van der Waals surface area contributed by atoms with Gasteiger partial charge in [-0.25, -0.2) is 0 Å². The van der Waals surface area contributed by atoms with Crippen LogP contribution >= 0.6 is 0 Å². The third-order valence-electron chi connectivity index (χ3n) is 4.94. The number of ketones is 2. The fraction of sp³-hybridized carbons (Fsp3) is 0.263. The smallest absolute Gasteiger partial charge is 0.170 e. The summed E-state index contributed by atoms with van der Waals surface area (Å²) in [5.74, 6) is 0.360. The number of rotatable bonds is 1. The van der Waals surface area contributed by atoms with Gasteiger partial charge in [0, 0.05) is 16.5 Å². The lowest BCUT2D eigenvalue weighted by atomic mass is 9.81. The average molecular weight is 276 g/mol. The van der Waals surface area contributed by atoms with Gasteiger partial charge in [0.1, 0.15) is 0 Å². The highest BCUT2D eigenvalue weighted by molar-refractivity contribution is 6.05. The zero-order chi connectivity index (χ0) is 14.6. The maximum Gasteiger partial charge on any atom is 0.170 e. The molecule has 0 fully saturated rings. The van der Waals surface area contributed by atoms with Crippen molar-refractivity contribution in [2.45, 2.75) is 26.2 Å². The Labute approximate surface area is 123 Å². The Balaban J connectivity index is 1.75. The average Bonchev–Trinajstić information content (AvgIpc) is 2.97. The highest BCUT2D eigenvalue weighted by Gasteiger charge is 2.48. The van der Waals surface area contributed by atoms with Crippen molar-refractivity contribution in [2.24, 2.45) is 5.41 Å². The second-order valence-electron chi connectivity index (χ2n) is 6.34. The van der Waals surface area contributed by atoms with Crippen molar-refractivity contribution >= 4 is 11.6 Å². The van der Waals surface area contributed by atoms with Gasteiger partial charge in [0.2, 0.25) is 0 Å². The fourth-order valence-corrected chi connectivity index (χ4v) is 3.89. The van der Waals surface area contributed by atoms with Crippen LogP contribution < -0.4 is 0 Å². The monoisotopic (exact) mass is 276 g/mol. The first-order valence-corrected chi connectivity index (χ1v) is 7.34. The predicted molar refractivity (Wildman–Crippen MR) is 80.8 cm³/mol. The van der Waals surface area contributed by atoms with Crippen LogP contribution in [-0.4, -0.2) is 11.6 Å². The van der Waals surface area contributed by atoms with Gasteiger partial charge in [0.15, 0.2) is 11.6 Å². The van der Waals surface area contributed by atoms with Crippen LogP contribution in [-0.2, 0) is 19.3 Å². The molecule has 2 aromatic carbocycles. The van der Waals surface area contributed by atoms with Crippen molar-refractivity contribution in [3.05, 3.63) is 70.3 Å². The maximum absolute atomic E-state index is 12.8. The van der Waals surface area contributed by atoms with E-state index in [0.717, 1.165) is 30.4 Å². The molecular weight excluding hydrogens is 260 g/mol. The molecule has 0 saturated carbocycles. The minimum Gasteiger partial charge on any atom is -0.295 e. The highest BCUT2D eigenvalue weighted by Crippen LogP contribution is 2.47. The summed E-state index contributed by atoms with van der Waals surface area (Å²) in [5.41, 5.74) is 4.89. The zero-order valence-electron chi connectivity index (χ0n) is 12.0. The minimum absolute atomic E-state index is 0.0831. The van der Waals surface area contributed by atoms with Gasteiger partial charge in [-0.2, -0.15) is 0 Å². The zero-order valence-corrected chi connectivity index (χ0v) is 12.0. The van der Waals surface area contributed by atoms with Gasteiger partial charge >= 0.3 is 0 Å². The van der Waals surface area contributed by atoms with Gasteiger partial charge in [0.05, 0.1) is 0 Å². The highest BCUT2D eigenvalue weighted by atomic mass is 16.1. The molecule has 2 aliphatic rings. The number of hydrogen-bond acceptors (Lipinski definition) is 2. The van der Waals surface area contributed by atoms with Crippen molar-refractivity contribution in [2.75, 3.05) is 0 Å². The summed E-state index contributed by atoms with van der Waals surface area (Å²) < 4.78 is 0. The van der Waals surface area contributed by atoms with E-state index in [1.54, 1.807) is 6.92 Å². The van der Waals surface area contributed by atoms with Crippen LogP contribution in [0.4, 0.5) is 0 Å². The van der Waals surface area contributed by atoms with Crippen LogP contribution in [0.1, 0.15) is 44.3 Å². The Hall–Kier alpha value is -2.22. The fourth-order valence-electron chi connectivity index (χ4n) is 3.89. The third-order valence-corrected chi connectivity index (χ3v) is 4.94. The molecule has 2 heteroatoms. The van der Waals surface area contributed by atoms with Gasteiger partial charge in [-0.15, -0.1) is 0 Å². The van der Waals surface area contributed by atoms with Crippen LogP contribution in [0.25, 0.3) is 0 Å². The second-order valence-corrected chi connectivity index (χ2v) is 6.34. The molecule has 0 N–H and O–H groups in total. The summed E-state index contributed by atoms with van der Waals surface area (Å²) in [4.78, 5) is 24.4. The molecule has 2 aliphatic carbocycles. The predicted octanol–water partition coefficient (Wildman–Crippen LogP) is 3.41. The number of fused-ring (bicyclic) bond motifs is 2. The molecule has 0 aliphatic heterocycles. The molecule has 1 unspecified atom stereocenters. The summed E-state index contributed by atoms with van der Waals surface area (Å²) in [5, 5.41) is 0. The minimum atomic E-state index is -0.304. The van der Waals surface area contributed by atoms with E-state index in [2.05, 4.69) is 6.07 Å². The first-order chi connectivity index (χ1) is 10.1. The molecule has 1 atom stereocenters. The summed E-state index contributed by atoms with van der Waals surface area (Å²) in [6.45, 7) is 1.59. The lowest BCUT2D eigenvalue weighted by Crippen LogP contribution is -2.28. The number of Topliss-reactive ketones (excluding diaryl/α,β-unsaturated/α-hetero) is 2. The third kappa shape index (κ3) is 1.72. The number of carbonyl (C=O) groups is 2. The molecule has 2 nitrogen and oxygen atoms in total. The van der Waals surface area contributed by atoms with Crippen molar-refractivity contribution in [1.29, 1.82) is 0 Å². The van der Waals surface area contributed by atoms with Crippen LogP contribution in [0.15, 0.2) is 42.5 Å². The molecule has 1 spiro atoms. The van der Waals surface area contributed by atoms with E-state index in [4.69, 9.17) is 0 Å². The Morgan fingerprint density at radius 3 is 2.43 bits per heavy atom. The molecular formula is C19H16O2. The van der Waals surface area contributed by atoms with Gasteiger partial charge in [-0.05, 0) is 48.9 Å². The number of benzene rings is 2. The largest absolute Gasteiger partial charge is 0.295 e. The van der Waals surface area contributed by atoms with Gasteiger partial charge in [-0.3, -0.25) is 9.59 Å². The molecule has 2 aromatic rings. The normalized spacial score (nSPS) is 22.4. The maximum atomic E-state index is 12.8. The summed E-state index contributed by atoms with van der Waals surface area (Å²) in [6.07, 6.45) is 2.39. The van der Waals surface area contributed by atoms with Gasteiger partial charge in [-0.1, -0.05) is 36.4 Å². The van der Waals surface area contributed by atoms with Crippen molar-refractivity contribution in [3.8, 4) is 0 Å². The molecule has 0 radical (unpaired) electrons. The van der Waals surface area contributed by atoms with Crippen molar-refractivity contribution in [1.82, 2.24) is 0 Å². The van der Waals surface area contributed by atoms with E-state index in [-0.39, 0.29) is 17.0 Å². The van der Waals surface area contributed by atoms with Crippen LogP contribution in [0.3, 0.4) is 0 Å². The van der Waals surface area contributed by atoms with E-state index in [1.807, 2.05) is 36.4 Å². The topological polar surface area (TPSA) is 34.1 Å². The lowest BCUT2D eigenvalue weighted by molar-refractivity contribution is 0.0831. The lowest BCUT2D eigenvalue weighted by Gasteiger charge is -2.20. The quantitative estimate of drug-likeness (QED) is 0.748. The van der Waals surface area contributed by atoms with Crippen molar-refractivity contribution < 1.29 is 9.59 Å². The SMILES string of the molecule is CC(=O)c1ccc2c(c1)CC1(C2)Cc2ccccc2C1=O. The molecule has 0 aromatic heterocycles. The number of carbonyl (C=O) groups excluding carboxylic acids is 2. The van der Waals surface area contributed by atoms with Crippen LogP contribution in [0.5, 0.6) is 0 Å². The molecule has 0 saturated heterocycles. The Morgan fingerprint density at radius 2 is 1.67 bits per heavy atom. The Kier molecular flexibility index (Phi) is 2.47. The summed E-state index contributed by atoms with van der Waals surface area (Å²) in [6, 6.07) is 13.8. The van der Waals surface area contributed by atoms with E-state index in [1.165, 1.54) is 16.7 Å². The standard InChI is InChI=1S/C19H16O2/c1-12(20)13-6-7-14-9-19(11-16(14)8-13)10-15-4-2-3-5-17(15)18(19)21/h2-8H,9-11H2,1H3. The molecule has 0 heterocycles. The van der Waals surface area contributed by atoms with E-state index >= 15 is 0 Å². The molecule has 104 valence electrons. The number of hydrogen-bond donors (Lipinski definition) is 0. The van der Waals surface area contributed by atoms with E-state index < -0.39 is 0 Å².